The highest BCUT2D eigenvalue weighted by molar-refractivity contribution is 8.00. The molecule has 2 N–H and O–H groups in total. The summed E-state index contributed by atoms with van der Waals surface area (Å²) in [4.78, 5) is 22.6. The summed E-state index contributed by atoms with van der Waals surface area (Å²) in [7, 11) is 0. The Kier molecular flexibility index (Phi) is 4.60. The van der Waals surface area contributed by atoms with Crippen molar-refractivity contribution >= 4 is 46.8 Å². The Balaban J connectivity index is 2.04. The predicted octanol–water partition coefficient (Wildman–Crippen LogP) is 2.22. The Morgan fingerprint density at radius 2 is 2.00 bits per heavy atom. The Morgan fingerprint density at radius 1 is 1.37 bits per heavy atom. The van der Waals surface area contributed by atoms with E-state index in [9.17, 15) is 9.59 Å². The summed E-state index contributed by atoms with van der Waals surface area (Å²) in [5.41, 5.74) is 0.860. The molecule has 0 spiro atoms. The van der Waals surface area contributed by atoms with Crippen LogP contribution in [0, 0.1) is 0 Å². The average molecular weight is 320 g/mol. The number of hydrogen-bond acceptors (Lipinski definition) is 3. The topological polar surface area (TPSA) is 66.4 Å². The van der Waals surface area contributed by atoms with E-state index in [-0.39, 0.29) is 11.2 Å². The minimum Gasteiger partial charge on any atom is -0.480 e. The monoisotopic (exact) mass is 319 g/mol. The van der Waals surface area contributed by atoms with E-state index in [1.54, 1.807) is 18.2 Å². The van der Waals surface area contributed by atoms with Crippen LogP contribution in [-0.4, -0.2) is 34.0 Å². The van der Waals surface area contributed by atoms with E-state index in [1.807, 2.05) is 0 Å². The van der Waals surface area contributed by atoms with Gasteiger partial charge >= 0.3 is 5.97 Å². The summed E-state index contributed by atoms with van der Waals surface area (Å²) in [6, 6.07) is 4.33. The number of thioether (sulfide) groups is 1. The summed E-state index contributed by atoms with van der Waals surface area (Å²) in [6.45, 7) is 0. The fourth-order valence-electron chi connectivity index (χ4n) is 1.82. The molecule has 2 rings (SSSR count). The zero-order valence-corrected chi connectivity index (χ0v) is 12.1. The molecule has 0 saturated carbocycles. The van der Waals surface area contributed by atoms with Crippen molar-refractivity contribution in [3.8, 4) is 0 Å². The molecule has 1 aliphatic rings. The maximum Gasteiger partial charge on any atom is 0.327 e. The highest BCUT2D eigenvalue weighted by Crippen LogP contribution is 2.25. The first-order valence-electron chi connectivity index (χ1n) is 5.55. The van der Waals surface area contributed by atoms with E-state index in [0.29, 0.717) is 22.2 Å². The molecule has 1 heterocycles. The number of rotatable bonds is 3. The van der Waals surface area contributed by atoms with Crippen LogP contribution in [0.25, 0.3) is 0 Å². The van der Waals surface area contributed by atoms with Crippen molar-refractivity contribution in [3.05, 3.63) is 33.8 Å². The molecule has 0 radical (unpaired) electrons. The molecule has 0 aromatic heterocycles. The van der Waals surface area contributed by atoms with Crippen LogP contribution in [-0.2, 0) is 16.0 Å². The van der Waals surface area contributed by atoms with Crippen molar-refractivity contribution in [2.24, 2.45) is 0 Å². The number of amides is 1. The molecule has 1 aromatic rings. The molecule has 1 aromatic carbocycles. The molecule has 0 aliphatic carbocycles. The van der Waals surface area contributed by atoms with Crippen molar-refractivity contribution in [2.45, 2.75) is 17.7 Å². The van der Waals surface area contributed by atoms with Crippen LogP contribution in [0.4, 0.5) is 0 Å². The highest BCUT2D eigenvalue weighted by Gasteiger charge is 2.32. The lowest BCUT2D eigenvalue weighted by atomic mass is 10.1. The van der Waals surface area contributed by atoms with Crippen LogP contribution in [0.5, 0.6) is 0 Å². The highest BCUT2D eigenvalue weighted by atomic mass is 35.5. The zero-order valence-electron chi connectivity index (χ0n) is 9.73. The largest absolute Gasteiger partial charge is 0.480 e. The van der Waals surface area contributed by atoms with E-state index in [1.165, 1.54) is 11.8 Å². The van der Waals surface area contributed by atoms with E-state index >= 15 is 0 Å². The molecule has 1 saturated heterocycles. The average Bonchev–Trinajstić information content (AvgIpc) is 2.30. The number of halogens is 2. The summed E-state index contributed by atoms with van der Waals surface area (Å²) in [6.07, 6.45) is 0.475. The van der Waals surface area contributed by atoms with E-state index in [2.05, 4.69) is 5.32 Å². The van der Waals surface area contributed by atoms with Crippen LogP contribution >= 0.6 is 35.0 Å². The lowest BCUT2D eigenvalue weighted by molar-refractivity contribution is -0.141. The third-order valence-corrected chi connectivity index (χ3v) is 4.46. The Bertz CT molecular complexity index is 503. The van der Waals surface area contributed by atoms with Gasteiger partial charge in [0, 0.05) is 15.8 Å². The number of aliphatic carboxylic acids is 1. The van der Waals surface area contributed by atoms with E-state index in [0.717, 1.165) is 5.56 Å². The fourth-order valence-corrected chi connectivity index (χ4v) is 3.57. The van der Waals surface area contributed by atoms with Gasteiger partial charge in [-0.25, -0.2) is 4.79 Å². The first kappa shape index (κ1) is 14.5. The number of hydrogen-bond donors (Lipinski definition) is 2. The number of benzene rings is 1. The first-order valence-corrected chi connectivity index (χ1v) is 7.36. The maximum absolute atomic E-state index is 11.8. The van der Waals surface area contributed by atoms with Gasteiger partial charge in [0.25, 0.3) is 0 Å². The summed E-state index contributed by atoms with van der Waals surface area (Å²) in [5.74, 6) is -0.912. The molecule has 19 heavy (non-hydrogen) atoms. The third kappa shape index (κ3) is 3.78. The van der Waals surface area contributed by atoms with Crippen LogP contribution in [0.1, 0.15) is 5.56 Å². The lowest BCUT2D eigenvalue weighted by Crippen LogP contribution is -2.51. The van der Waals surface area contributed by atoms with Crippen molar-refractivity contribution in [3.63, 3.8) is 0 Å². The lowest BCUT2D eigenvalue weighted by Gasteiger charge is -2.26. The molecule has 1 aliphatic heterocycles. The Morgan fingerprint density at radius 3 is 2.53 bits per heavy atom. The van der Waals surface area contributed by atoms with Crippen molar-refractivity contribution in [1.29, 1.82) is 0 Å². The molecule has 2 atom stereocenters. The van der Waals surface area contributed by atoms with Crippen molar-refractivity contribution in [2.75, 3.05) is 5.75 Å². The van der Waals surface area contributed by atoms with Crippen molar-refractivity contribution < 1.29 is 14.7 Å². The zero-order chi connectivity index (χ0) is 14.0. The minimum absolute atomic E-state index is 0.264. The molecule has 0 bridgehead atoms. The van der Waals surface area contributed by atoms with Crippen LogP contribution in [0.3, 0.4) is 0 Å². The fraction of sp³-hybridized carbons (Fsp3) is 0.333. The molecule has 102 valence electrons. The number of carboxylic acid groups (broad SMARTS) is 1. The van der Waals surface area contributed by atoms with Crippen molar-refractivity contribution in [1.82, 2.24) is 5.32 Å². The van der Waals surface area contributed by atoms with Gasteiger partial charge in [-0.05, 0) is 30.2 Å². The smallest absolute Gasteiger partial charge is 0.327 e. The number of carboxylic acids is 1. The SMILES string of the molecule is O=C1N[C@@H](C(=O)O)CS[C@H]1Cc1cc(Cl)cc(Cl)c1. The van der Waals surface area contributed by atoms with Gasteiger partial charge in [-0.1, -0.05) is 23.2 Å². The van der Waals surface area contributed by atoms with Gasteiger partial charge in [-0.3, -0.25) is 4.79 Å². The molecule has 7 heteroatoms. The quantitative estimate of drug-likeness (QED) is 0.896. The van der Waals surface area contributed by atoms with Gasteiger partial charge in [0.15, 0.2) is 0 Å². The third-order valence-electron chi connectivity index (χ3n) is 2.71. The van der Waals surface area contributed by atoms with E-state index < -0.39 is 12.0 Å². The second kappa shape index (κ2) is 6.03. The number of nitrogens with one attached hydrogen (secondary N) is 1. The maximum atomic E-state index is 11.8. The predicted molar refractivity (Wildman–Crippen MR) is 76.0 cm³/mol. The second-order valence-electron chi connectivity index (χ2n) is 4.20. The van der Waals surface area contributed by atoms with Gasteiger partial charge in [-0.15, -0.1) is 11.8 Å². The molecular formula is C12H11Cl2NO3S. The summed E-state index contributed by atoms with van der Waals surface area (Å²) >= 11 is 13.1. The molecule has 0 unspecified atom stereocenters. The van der Waals surface area contributed by atoms with Crippen LogP contribution in [0.2, 0.25) is 10.0 Å². The molecule has 4 nitrogen and oxygen atoms in total. The number of carbonyl (C=O) groups excluding carboxylic acids is 1. The summed E-state index contributed by atoms with van der Waals surface area (Å²) in [5, 5.41) is 12.1. The molecular weight excluding hydrogens is 309 g/mol. The van der Waals surface area contributed by atoms with Gasteiger partial charge in [0.1, 0.15) is 6.04 Å². The van der Waals surface area contributed by atoms with E-state index in [4.69, 9.17) is 28.3 Å². The second-order valence-corrected chi connectivity index (χ2v) is 6.31. The molecule has 1 amide bonds. The van der Waals surface area contributed by atoms with Crippen LogP contribution < -0.4 is 5.32 Å². The number of carbonyl (C=O) groups is 2. The summed E-state index contributed by atoms with van der Waals surface area (Å²) < 4.78 is 0. The molecule has 1 fully saturated rings. The van der Waals surface area contributed by atoms with Gasteiger partial charge < -0.3 is 10.4 Å². The first-order chi connectivity index (χ1) is 8.95. The van der Waals surface area contributed by atoms with Gasteiger partial charge in [0.05, 0.1) is 5.25 Å². The Labute approximate surface area is 124 Å². The standard InChI is InChI=1S/C12H11Cl2NO3S/c13-7-1-6(2-8(14)4-7)3-10-11(16)15-9(5-19-10)12(17)18/h1-2,4,9-10H,3,5H2,(H,15,16)(H,17,18)/t9-,10+/m1/s1. The Hall–Kier alpha value is -0.910. The van der Waals surface area contributed by atoms with Crippen LogP contribution in [0.15, 0.2) is 18.2 Å². The normalized spacial score (nSPS) is 22.9. The van der Waals surface area contributed by atoms with Gasteiger partial charge in [-0.2, -0.15) is 0 Å². The van der Waals surface area contributed by atoms with Gasteiger partial charge in [0.2, 0.25) is 5.91 Å². The minimum atomic E-state index is -1.01.